The lowest BCUT2D eigenvalue weighted by molar-refractivity contribution is 0.0732. The predicted octanol–water partition coefficient (Wildman–Crippen LogP) is 3.39. The average Bonchev–Trinajstić information content (AvgIpc) is 2.64. The van der Waals surface area contributed by atoms with Crippen LogP contribution in [0.25, 0.3) is 0 Å². The van der Waals surface area contributed by atoms with Crippen LogP contribution in [0.5, 0.6) is 0 Å². The first kappa shape index (κ1) is 28.1. The van der Waals surface area contributed by atoms with Crippen molar-refractivity contribution in [3.8, 4) is 0 Å². The summed E-state index contributed by atoms with van der Waals surface area (Å²) in [6.07, 6.45) is 4.75. The SMILES string of the molecule is CCNC(=NCc1ccccc1CS(=O)(=O)NC(C)C)NCC1(CCOC)CCC1.I. The molecule has 0 radical (unpaired) electrons. The van der Waals surface area contributed by atoms with E-state index >= 15 is 0 Å². The van der Waals surface area contributed by atoms with Gasteiger partial charge < -0.3 is 15.4 Å². The van der Waals surface area contributed by atoms with Crippen LogP contribution in [-0.2, 0) is 27.1 Å². The molecule has 7 nitrogen and oxygen atoms in total. The Morgan fingerprint density at radius 3 is 2.42 bits per heavy atom. The molecule has 0 amide bonds. The average molecular weight is 567 g/mol. The van der Waals surface area contributed by atoms with Gasteiger partial charge in [0.1, 0.15) is 0 Å². The van der Waals surface area contributed by atoms with Crippen molar-refractivity contribution in [3.63, 3.8) is 0 Å². The van der Waals surface area contributed by atoms with Crippen molar-refractivity contribution in [3.05, 3.63) is 35.4 Å². The van der Waals surface area contributed by atoms with Gasteiger partial charge in [0.25, 0.3) is 0 Å². The number of nitrogens with zero attached hydrogens (tertiary/aromatic N) is 1. The van der Waals surface area contributed by atoms with Crippen LogP contribution in [0.4, 0.5) is 0 Å². The zero-order valence-corrected chi connectivity index (χ0v) is 22.4. The van der Waals surface area contributed by atoms with E-state index in [4.69, 9.17) is 9.73 Å². The summed E-state index contributed by atoms with van der Waals surface area (Å²) in [7, 11) is -1.63. The van der Waals surface area contributed by atoms with Gasteiger partial charge in [0.05, 0.1) is 12.3 Å². The number of methoxy groups -OCH3 is 1. The molecule has 1 saturated carbocycles. The first-order chi connectivity index (χ1) is 14.3. The highest BCUT2D eigenvalue weighted by molar-refractivity contribution is 14.0. The third-order valence-corrected chi connectivity index (χ3v) is 7.03. The van der Waals surface area contributed by atoms with Gasteiger partial charge in [0, 0.05) is 32.8 Å². The third-order valence-electron chi connectivity index (χ3n) is 5.51. The molecule has 1 aliphatic rings. The van der Waals surface area contributed by atoms with E-state index < -0.39 is 10.0 Å². The Morgan fingerprint density at radius 2 is 1.87 bits per heavy atom. The molecular weight excluding hydrogens is 527 g/mol. The summed E-state index contributed by atoms with van der Waals surface area (Å²) in [6.45, 7) is 8.53. The molecule has 0 bridgehead atoms. The Bertz CT molecular complexity index is 796. The largest absolute Gasteiger partial charge is 0.385 e. The van der Waals surface area contributed by atoms with Crippen LogP contribution < -0.4 is 15.4 Å². The van der Waals surface area contributed by atoms with E-state index in [2.05, 4.69) is 15.4 Å². The first-order valence-corrected chi connectivity index (χ1v) is 12.5. The standard InChI is InChI=1S/C22H38N4O3S.HI/c1-5-23-21(25-17-22(11-8-12-22)13-14-29-4)24-15-19-9-6-7-10-20(19)16-30(27,28)26-18(2)3;/h6-7,9-10,18,26H,5,8,11-17H2,1-4H3,(H2,23,24,25);1H. The van der Waals surface area contributed by atoms with Gasteiger partial charge in [-0.2, -0.15) is 0 Å². The second-order valence-electron chi connectivity index (χ2n) is 8.45. The molecule has 0 aliphatic heterocycles. The van der Waals surface area contributed by atoms with Gasteiger partial charge in [-0.1, -0.05) is 30.7 Å². The minimum Gasteiger partial charge on any atom is -0.385 e. The van der Waals surface area contributed by atoms with Crippen LogP contribution in [0, 0.1) is 5.41 Å². The Morgan fingerprint density at radius 1 is 1.19 bits per heavy atom. The highest BCUT2D eigenvalue weighted by atomic mass is 127. The Hall–Kier alpha value is -0.910. The second kappa shape index (κ2) is 13.6. The molecule has 0 atom stereocenters. The fraction of sp³-hybridized carbons (Fsp3) is 0.682. The van der Waals surface area contributed by atoms with Crippen LogP contribution in [0.2, 0.25) is 0 Å². The smallest absolute Gasteiger partial charge is 0.216 e. The zero-order valence-electron chi connectivity index (χ0n) is 19.2. The van der Waals surface area contributed by atoms with Crippen molar-refractivity contribution in [2.24, 2.45) is 10.4 Å². The summed E-state index contributed by atoms with van der Waals surface area (Å²) in [5.74, 6) is 0.722. The summed E-state index contributed by atoms with van der Waals surface area (Å²) < 4.78 is 32.6. The number of halogens is 1. The molecule has 1 fully saturated rings. The minimum absolute atomic E-state index is 0. The highest BCUT2D eigenvalue weighted by Gasteiger charge is 2.36. The van der Waals surface area contributed by atoms with Crippen LogP contribution in [-0.4, -0.2) is 47.2 Å². The van der Waals surface area contributed by atoms with Crippen LogP contribution in [0.15, 0.2) is 29.3 Å². The van der Waals surface area contributed by atoms with Crippen molar-refractivity contribution in [2.45, 2.75) is 64.8 Å². The summed E-state index contributed by atoms with van der Waals surface area (Å²) in [4.78, 5) is 4.73. The molecule has 0 heterocycles. The lowest BCUT2D eigenvalue weighted by Gasteiger charge is -2.42. The van der Waals surface area contributed by atoms with Gasteiger partial charge in [0.15, 0.2) is 5.96 Å². The maximum atomic E-state index is 12.4. The molecule has 1 aromatic rings. The predicted molar refractivity (Wildman–Crippen MR) is 138 cm³/mol. The molecule has 1 aromatic carbocycles. The molecule has 0 spiro atoms. The van der Waals surface area contributed by atoms with Crippen molar-refractivity contribution >= 4 is 40.0 Å². The lowest BCUT2D eigenvalue weighted by Crippen LogP contribution is -2.47. The maximum Gasteiger partial charge on any atom is 0.216 e. The summed E-state index contributed by atoms with van der Waals surface area (Å²) in [5, 5.41) is 6.79. The number of hydrogen-bond donors (Lipinski definition) is 3. The molecular formula is C22H39IN4O3S. The number of nitrogens with one attached hydrogen (secondary N) is 3. The lowest BCUT2D eigenvalue weighted by atomic mass is 9.67. The highest BCUT2D eigenvalue weighted by Crippen LogP contribution is 2.43. The number of hydrogen-bond acceptors (Lipinski definition) is 4. The maximum absolute atomic E-state index is 12.4. The Balaban J connectivity index is 0.00000480. The van der Waals surface area contributed by atoms with E-state index in [-0.39, 0.29) is 35.8 Å². The fourth-order valence-corrected chi connectivity index (χ4v) is 5.24. The normalized spacial score (nSPS) is 15.8. The van der Waals surface area contributed by atoms with Crippen LogP contribution in [0.1, 0.15) is 57.6 Å². The van der Waals surface area contributed by atoms with Crippen molar-refractivity contribution in [1.82, 2.24) is 15.4 Å². The monoisotopic (exact) mass is 566 g/mol. The summed E-state index contributed by atoms with van der Waals surface area (Å²) >= 11 is 0. The Labute approximate surface area is 205 Å². The van der Waals surface area contributed by atoms with E-state index in [1.54, 1.807) is 7.11 Å². The number of guanidine groups is 1. The molecule has 1 aliphatic carbocycles. The van der Waals surface area contributed by atoms with Gasteiger partial charge in [0.2, 0.25) is 10.0 Å². The van der Waals surface area contributed by atoms with Gasteiger partial charge in [-0.3, -0.25) is 0 Å². The molecule has 3 N–H and O–H groups in total. The first-order valence-electron chi connectivity index (χ1n) is 10.9. The van der Waals surface area contributed by atoms with E-state index in [1.807, 2.05) is 45.0 Å². The van der Waals surface area contributed by atoms with Crippen LogP contribution >= 0.6 is 24.0 Å². The fourth-order valence-electron chi connectivity index (χ4n) is 3.75. The topological polar surface area (TPSA) is 91.8 Å². The number of rotatable bonds is 12. The molecule has 0 aromatic heterocycles. The molecule has 31 heavy (non-hydrogen) atoms. The van der Waals surface area contributed by atoms with Gasteiger partial charge in [-0.25, -0.2) is 18.1 Å². The molecule has 9 heteroatoms. The van der Waals surface area contributed by atoms with Crippen LogP contribution in [0.3, 0.4) is 0 Å². The summed E-state index contributed by atoms with van der Waals surface area (Å²) in [5.41, 5.74) is 1.99. The number of aliphatic imine (C=N–C) groups is 1. The Kier molecular flexibility index (Phi) is 12.3. The number of sulfonamides is 1. The molecule has 0 unspecified atom stereocenters. The molecule has 2 rings (SSSR count). The molecule has 178 valence electrons. The quantitative estimate of drug-likeness (QED) is 0.205. The molecule has 0 saturated heterocycles. The van der Waals surface area contributed by atoms with E-state index in [1.165, 1.54) is 19.3 Å². The van der Waals surface area contributed by atoms with E-state index in [0.29, 0.717) is 12.0 Å². The van der Waals surface area contributed by atoms with Crippen molar-refractivity contribution < 1.29 is 13.2 Å². The van der Waals surface area contributed by atoms with Gasteiger partial charge >= 0.3 is 0 Å². The van der Waals surface area contributed by atoms with Crippen molar-refractivity contribution in [2.75, 3.05) is 26.8 Å². The minimum atomic E-state index is -3.38. The zero-order chi connectivity index (χ0) is 22.0. The van der Waals surface area contributed by atoms with E-state index in [0.717, 1.165) is 43.2 Å². The summed E-state index contributed by atoms with van der Waals surface area (Å²) in [6, 6.07) is 7.47. The number of ether oxygens (including phenoxy) is 1. The number of benzene rings is 1. The van der Waals surface area contributed by atoms with Gasteiger partial charge in [-0.15, -0.1) is 24.0 Å². The third kappa shape index (κ3) is 9.63. The van der Waals surface area contributed by atoms with Gasteiger partial charge in [-0.05, 0) is 56.6 Å². The van der Waals surface area contributed by atoms with Crippen molar-refractivity contribution in [1.29, 1.82) is 0 Å². The second-order valence-corrected chi connectivity index (χ2v) is 10.2. The van der Waals surface area contributed by atoms with E-state index in [9.17, 15) is 8.42 Å².